The van der Waals surface area contributed by atoms with Gasteiger partial charge in [0.05, 0.1) is 12.1 Å². The number of carbonyl (C=O) groups is 5. The predicted molar refractivity (Wildman–Crippen MR) is 117 cm³/mol. The van der Waals surface area contributed by atoms with Crippen molar-refractivity contribution in [1.82, 2.24) is 16.0 Å². The summed E-state index contributed by atoms with van der Waals surface area (Å²) < 4.78 is 0. The van der Waals surface area contributed by atoms with Gasteiger partial charge in [-0.25, -0.2) is 4.79 Å². The average Bonchev–Trinajstić information content (AvgIpc) is 2.69. The summed E-state index contributed by atoms with van der Waals surface area (Å²) in [6.07, 6.45) is 0.0418. The summed E-state index contributed by atoms with van der Waals surface area (Å²) in [5, 5.41) is 34.5. The summed E-state index contributed by atoms with van der Waals surface area (Å²) in [5.41, 5.74) is 5.75. The van der Waals surface area contributed by atoms with Crippen molar-refractivity contribution in [3.8, 4) is 0 Å². The molecular weight excluding hydrogens is 452 g/mol. The van der Waals surface area contributed by atoms with Gasteiger partial charge in [-0.3, -0.25) is 19.2 Å². The van der Waals surface area contributed by atoms with Crippen LogP contribution in [0.3, 0.4) is 0 Å². The lowest BCUT2D eigenvalue weighted by molar-refractivity contribution is -0.143. The number of thioether (sulfide) groups is 1. The second-order valence-electron chi connectivity index (χ2n) is 6.69. The normalized spacial score (nSPS) is 15.6. The molecule has 178 valence electrons. The van der Waals surface area contributed by atoms with Gasteiger partial charge in [0.25, 0.3) is 0 Å². The van der Waals surface area contributed by atoms with E-state index in [-0.39, 0.29) is 12.2 Å². The maximum atomic E-state index is 12.5. The Morgan fingerprint density at radius 3 is 2.00 bits per heavy atom. The highest BCUT2D eigenvalue weighted by Crippen LogP contribution is 2.03. The molecule has 0 aliphatic carbocycles. The minimum absolute atomic E-state index is 0.226. The van der Waals surface area contributed by atoms with Crippen molar-refractivity contribution in [2.75, 3.05) is 17.8 Å². The molecule has 0 aliphatic heterocycles. The van der Waals surface area contributed by atoms with Crippen molar-refractivity contribution in [2.45, 2.75) is 56.5 Å². The number of carbonyl (C=O) groups excluding carboxylic acids is 3. The third kappa shape index (κ3) is 11.2. The van der Waals surface area contributed by atoms with E-state index in [9.17, 15) is 29.1 Å². The molecule has 0 radical (unpaired) electrons. The van der Waals surface area contributed by atoms with Crippen molar-refractivity contribution in [1.29, 1.82) is 0 Å². The zero-order valence-electron chi connectivity index (χ0n) is 17.2. The highest BCUT2D eigenvalue weighted by Gasteiger charge is 2.32. The van der Waals surface area contributed by atoms with Gasteiger partial charge in [0, 0.05) is 12.2 Å². The van der Waals surface area contributed by atoms with E-state index < -0.39 is 66.4 Å². The van der Waals surface area contributed by atoms with Gasteiger partial charge in [0.15, 0.2) is 0 Å². The molecule has 0 saturated heterocycles. The van der Waals surface area contributed by atoms with Gasteiger partial charge in [-0.2, -0.15) is 24.4 Å². The minimum atomic E-state index is -1.48. The topological polar surface area (TPSA) is 208 Å². The first-order valence-electron chi connectivity index (χ1n) is 9.33. The Balaban J connectivity index is 5.11. The number of thiol groups is 1. The molecule has 0 aromatic carbocycles. The van der Waals surface area contributed by atoms with Crippen molar-refractivity contribution >= 4 is 54.1 Å². The molecule has 0 bridgehead atoms. The number of nitrogens with two attached hydrogens (primary N) is 1. The molecule has 5 atom stereocenters. The van der Waals surface area contributed by atoms with E-state index in [4.69, 9.17) is 15.9 Å². The highest BCUT2D eigenvalue weighted by molar-refractivity contribution is 7.98. The zero-order valence-corrected chi connectivity index (χ0v) is 18.9. The Kier molecular flexibility index (Phi) is 13.9. The van der Waals surface area contributed by atoms with Crippen LogP contribution in [0.2, 0.25) is 0 Å². The second kappa shape index (κ2) is 14.9. The fourth-order valence-corrected chi connectivity index (χ4v) is 3.04. The van der Waals surface area contributed by atoms with Crippen LogP contribution >= 0.6 is 24.4 Å². The maximum Gasteiger partial charge on any atom is 0.326 e. The monoisotopic (exact) mass is 482 g/mol. The van der Waals surface area contributed by atoms with Crippen LogP contribution in [0, 0.1) is 0 Å². The lowest BCUT2D eigenvalue weighted by Gasteiger charge is -2.25. The summed E-state index contributed by atoms with van der Waals surface area (Å²) in [7, 11) is 0. The van der Waals surface area contributed by atoms with Crippen LogP contribution in [0.1, 0.15) is 26.2 Å². The molecule has 0 aliphatic rings. The van der Waals surface area contributed by atoms with Crippen LogP contribution in [0.15, 0.2) is 0 Å². The van der Waals surface area contributed by atoms with Gasteiger partial charge in [0.2, 0.25) is 17.7 Å². The maximum absolute atomic E-state index is 12.5. The van der Waals surface area contributed by atoms with Crippen molar-refractivity contribution in [3.05, 3.63) is 0 Å². The Labute approximate surface area is 189 Å². The molecule has 3 amide bonds. The molecule has 0 aromatic rings. The number of hydrogen-bond donors (Lipinski definition) is 8. The second-order valence-corrected chi connectivity index (χ2v) is 8.04. The Morgan fingerprint density at radius 2 is 1.55 bits per heavy atom. The Hall–Kier alpha value is -2.03. The van der Waals surface area contributed by atoms with E-state index >= 15 is 0 Å². The van der Waals surface area contributed by atoms with E-state index in [1.165, 1.54) is 18.7 Å². The number of carboxylic acid groups (broad SMARTS) is 2. The first-order chi connectivity index (χ1) is 14.4. The fourth-order valence-electron chi connectivity index (χ4n) is 2.29. The molecule has 12 nitrogen and oxygen atoms in total. The molecule has 14 heteroatoms. The molecule has 8 N–H and O–H groups in total. The van der Waals surface area contributed by atoms with Crippen molar-refractivity contribution in [3.63, 3.8) is 0 Å². The number of aliphatic carboxylic acids is 2. The van der Waals surface area contributed by atoms with E-state index in [2.05, 4.69) is 28.6 Å². The molecule has 0 aromatic heterocycles. The molecule has 0 saturated carbocycles. The quantitative estimate of drug-likeness (QED) is 0.118. The van der Waals surface area contributed by atoms with Gasteiger partial charge < -0.3 is 37.0 Å². The van der Waals surface area contributed by atoms with Crippen molar-refractivity contribution in [2.24, 2.45) is 5.73 Å². The summed E-state index contributed by atoms with van der Waals surface area (Å²) in [6.45, 7) is 1.26. The Morgan fingerprint density at radius 1 is 0.968 bits per heavy atom. The fraction of sp³-hybridized carbons (Fsp3) is 0.706. The summed E-state index contributed by atoms with van der Waals surface area (Å²) in [4.78, 5) is 58.9. The molecule has 0 rings (SSSR count). The molecule has 0 heterocycles. The number of hydrogen-bond acceptors (Lipinski definition) is 9. The highest BCUT2D eigenvalue weighted by atomic mass is 32.2. The van der Waals surface area contributed by atoms with Crippen LogP contribution in [0.4, 0.5) is 0 Å². The minimum Gasteiger partial charge on any atom is -0.481 e. The number of rotatable bonds is 15. The average molecular weight is 483 g/mol. The number of aliphatic hydroxyl groups is 1. The lowest BCUT2D eigenvalue weighted by atomic mass is 10.1. The molecular formula is C17H30N4O8S2. The number of amides is 3. The molecule has 0 spiro atoms. The van der Waals surface area contributed by atoms with E-state index in [1.807, 2.05) is 6.26 Å². The molecule has 5 unspecified atom stereocenters. The summed E-state index contributed by atoms with van der Waals surface area (Å²) in [6, 6.07) is -5.09. The predicted octanol–water partition coefficient (Wildman–Crippen LogP) is -2.22. The van der Waals surface area contributed by atoms with Crippen molar-refractivity contribution < 1.29 is 39.3 Å². The van der Waals surface area contributed by atoms with Crippen LogP contribution < -0.4 is 21.7 Å². The smallest absolute Gasteiger partial charge is 0.326 e. The van der Waals surface area contributed by atoms with Gasteiger partial charge >= 0.3 is 11.9 Å². The van der Waals surface area contributed by atoms with Crippen LogP contribution in [-0.4, -0.2) is 93.0 Å². The third-order valence-electron chi connectivity index (χ3n) is 4.11. The SMILES string of the molecule is CSCCC(N)C(=O)NC(C(=O)NC(CS)C(=O)NC(CCC(=O)O)C(=O)O)C(C)O. The van der Waals surface area contributed by atoms with Crippen LogP contribution in [0.5, 0.6) is 0 Å². The molecule has 0 fully saturated rings. The van der Waals surface area contributed by atoms with E-state index in [1.54, 1.807) is 0 Å². The number of nitrogens with one attached hydrogen (secondary N) is 3. The van der Waals surface area contributed by atoms with E-state index in [0.717, 1.165) is 0 Å². The number of aliphatic hydroxyl groups excluding tert-OH is 1. The zero-order chi connectivity index (χ0) is 24.1. The standard InChI is InChI=1S/C17H30N4O8S2/c1-8(22)13(21-14(25)9(18)5-6-31-2)16(27)20-11(7-30)15(26)19-10(17(28)29)3-4-12(23)24/h8-11,13,22,30H,3-7,18H2,1-2H3,(H,19,26)(H,20,27)(H,21,25)(H,23,24)(H,28,29). The summed E-state index contributed by atoms with van der Waals surface area (Å²) >= 11 is 5.45. The van der Waals surface area contributed by atoms with Gasteiger partial charge in [-0.05, 0) is 31.8 Å². The van der Waals surface area contributed by atoms with Gasteiger partial charge in [-0.15, -0.1) is 0 Å². The first-order valence-corrected chi connectivity index (χ1v) is 11.4. The first kappa shape index (κ1) is 29.0. The van der Waals surface area contributed by atoms with Gasteiger partial charge in [-0.1, -0.05) is 0 Å². The number of carboxylic acids is 2. The van der Waals surface area contributed by atoms with Crippen LogP contribution in [0.25, 0.3) is 0 Å². The van der Waals surface area contributed by atoms with Crippen LogP contribution in [-0.2, 0) is 24.0 Å². The molecule has 31 heavy (non-hydrogen) atoms. The van der Waals surface area contributed by atoms with E-state index in [0.29, 0.717) is 12.2 Å². The lowest BCUT2D eigenvalue weighted by Crippen LogP contribution is -2.60. The largest absolute Gasteiger partial charge is 0.481 e. The Bertz CT molecular complexity index is 650. The van der Waals surface area contributed by atoms with Gasteiger partial charge in [0.1, 0.15) is 18.1 Å². The summed E-state index contributed by atoms with van der Waals surface area (Å²) in [5.74, 6) is -4.73. The third-order valence-corrected chi connectivity index (χ3v) is 5.12.